The monoisotopic (exact) mass is 663 g/mol. The Morgan fingerprint density at radius 2 is 1.35 bits per heavy atom. The maximum absolute atomic E-state index is 12.5. The van der Waals surface area contributed by atoms with Gasteiger partial charge in [0.2, 0.25) is 0 Å². The van der Waals surface area contributed by atoms with E-state index in [1.807, 2.05) is 6.07 Å². The molecule has 2 aromatic rings. The number of ether oxygens (including phenoxy) is 1. The zero-order valence-electron chi connectivity index (χ0n) is 32.6. The fourth-order valence-electron chi connectivity index (χ4n) is 6.91. The summed E-state index contributed by atoms with van der Waals surface area (Å²) in [5.74, 6) is -1.13. The van der Waals surface area contributed by atoms with Gasteiger partial charge in [-0.15, -0.1) is 0 Å². The van der Waals surface area contributed by atoms with E-state index in [0.717, 1.165) is 122 Å². The van der Waals surface area contributed by atoms with E-state index in [4.69, 9.17) is 20.6 Å². The molecule has 1 saturated carbocycles. The summed E-state index contributed by atoms with van der Waals surface area (Å²) in [6.07, 6.45) is 21.4. The zero-order chi connectivity index (χ0) is 37.8. The lowest BCUT2D eigenvalue weighted by atomic mass is 9.72. The molecule has 1 aliphatic rings. The number of hydrogen-bond acceptors (Lipinski definition) is 6. The second-order valence-electron chi connectivity index (χ2n) is 13.3. The predicted octanol–water partition coefficient (Wildman–Crippen LogP) is 11.7. The Labute approximate surface area is 293 Å². The molecule has 0 saturated heterocycles. The van der Waals surface area contributed by atoms with Gasteiger partial charge in [-0.3, -0.25) is 9.59 Å². The first-order valence-electron chi connectivity index (χ1n) is 20.2. The number of hydrogen-bond donors (Lipinski definition) is 2. The molecule has 2 unspecified atom stereocenters. The molecule has 1 fully saturated rings. The Morgan fingerprint density at radius 3 is 1.96 bits per heavy atom. The van der Waals surface area contributed by atoms with E-state index < -0.39 is 17.4 Å². The molecule has 0 heterocycles. The van der Waals surface area contributed by atoms with Crippen LogP contribution in [-0.4, -0.2) is 28.8 Å². The third kappa shape index (κ3) is 14.6. The molecule has 3 rings (SSSR count). The van der Waals surface area contributed by atoms with Crippen LogP contribution in [0.5, 0.6) is 5.75 Å². The Balaban J connectivity index is 1.28. The van der Waals surface area contributed by atoms with Gasteiger partial charge in [-0.2, -0.15) is 15.5 Å². The number of aliphatic carboxylic acids is 2. The van der Waals surface area contributed by atoms with E-state index in [0.29, 0.717) is 11.3 Å². The number of unbranched alkanes of at least 4 members (excludes halogenated alkanes) is 14. The fraction of sp³-hybridized carbons (Fsp3) is 0.625. The molecule has 2 aromatic carbocycles. The molecule has 1 aliphatic carbocycles. The van der Waals surface area contributed by atoms with Crippen molar-refractivity contribution in [1.29, 1.82) is 5.26 Å². The molecule has 0 spiro atoms. The molecule has 262 valence electrons. The number of carboxylic acid groups (broad SMARTS) is 2. The summed E-state index contributed by atoms with van der Waals surface area (Å²) in [5.41, 5.74) is 0.167. The van der Waals surface area contributed by atoms with Crippen LogP contribution in [-0.2, 0) is 9.59 Å². The summed E-state index contributed by atoms with van der Waals surface area (Å²) in [6.45, 7) is 0.289. The summed E-state index contributed by atoms with van der Waals surface area (Å²) >= 11 is 0. The van der Waals surface area contributed by atoms with Crippen LogP contribution in [0.25, 0.3) is 0 Å². The molecule has 2 N–H and O–H groups in total. The number of benzene rings is 2. The molecule has 0 bridgehead atoms. The molecule has 0 radical (unpaired) electrons. The van der Waals surface area contributed by atoms with Crippen LogP contribution in [0.1, 0.15) is 152 Å². The lowest BCUT2D eigenvalue weighted by molar-refractivity contribution is -0.152. The average molecular weight is 664 g/mol. The second kappa shape index (κ2) is 22.8. The smallest absolute Gasteiger partial charge is 0.309 e. The highest BCUT2D eigenvalue weighted by Gasteiger charge is 2.47. The topological polar surface area (TPSA) is 132 Å². The number of rotatable bonds is 26. The first-order chi connectivity index (χ1) is 25.1. The minimum Gasteiger partial charge on any atom is -0.494 e. The van der Waals surface area contributed by atoms with Crippen molar-refractivity contribution in [2.24, 2.45) is 21.6 Å². The first kappa shape index (κ1) is 32.8. The SMILES string of the molecule is [2H]c1c([2H])c(OCCCCCCCCCCC2(C(=O)O)CCCC2CCCCCCCCCCC(=O)O)c([2H])c([2H])c1N=Nc1ccc(C#N)cc1. The predicted molar refractivity (Wildman–Crippen MR) is 190 cm³/mol. The van der Waals surface area contributed by atoms with E-state index in [2.05, 4.69) is 10.2 Å². The van der Waals surface area contributed by atoms with Gasteiger partial charge in [0, 0.05) is 6.42 Å². The maximum Gasteiger partial charge on any atom is 0.309 e. The van der Waals surface area contributed by atoms with Crippen molar-refractivity contribution >= 4 is 23.3 Å². The third-order valence-electron chi connectivity index (χ3n) is 9.69. The maximum atomic E-state index is 12.5. The number of carboxylic acids is 2. The number of nitrogens with zero attached hydrogens (tertiary/aromatic N) is 3. The van der Waals surface area contributed by atoms with Crippen molar-refractivity contribution in [3.05, 3.63) is 54.0 Å². The number of carbonyl (C=O) groups is 2. The van der Waals surface area contributed by atoms with E-state index in [9.17, 15) is 14.7 Å². The van der Waals surface area contributed by atoms with E-state index >= 15 is 0 Å². The number of azo groups is 1. The van der Waals surface area contributed by atoms with Gasteiger partial charge in [-0.1, -0.05) is 96.3 Å². The van der Waals surface area contributed by atoms with E-state index in [1.54, 1.807) is 24.3 Å². The lowest BCUT2D eigenvalue weighted by Crippen LogP contribution is -2.35. The molecule has 0 aliphatic heterocycles. The first-order valence-corrected chi connectivity index (χ1v) is 18.2. The van der Waals surface area contributed by atoms with E-state index in [-0.39, 0.29) is 54.6 Å². The molecule has 0 aromatic heterocycles. The van der Waals surface area contributed by atoms with Gasteiger partial charge in [0.25, 0.3) is 0 Å². The Kier molecular flexibility index (Phi) is 15.6. The van der Waals surface area contributed by atoms with Crippen LogP contribution in [0.15, 0.2) is 58.7 Å². The normalized spacial score (nSPS) is 18.6. The van der Waals surface area contributed by atoms with Crippen molar-refractivity contribution in [3.8, 4) is 11.8 Å². The van der Waals surface area contributed by atoms with Crippen LogP contribution in [0.4, 0.5) is 11.4 Å². The van der Waals surface area contributed by atoms with Crippen LogP contribution >= 0.6 is 0 Å². The molecular weight excluding hydrogens is 602 g/mol. The summed E-state index contributed by atoms with van der Waals surface area (Å²) < 4.78 is 38.9. The highest BCUT2D eigenvalue weighted by Crippen LogP contribution is 2.49. The lowest BCUT2D eigenvalue weighted by Gasteiger charge is -2.31. The summed E-state index contributed by atoms with van der Waals surface area (Å²) in [4.78, 5) is 23.1. The Morgan fingerprint density at radius 1 is 0.792 bits per heavy atom. The highest BCUT2D eigenvalue weighted by molar-refractivity contribution is 5.75. The van der Waals surface area contributed by atoms with Gasteiger partial charge in [-0.05, 0) is 92.9 Å². The van der Waals surface area contributed by atoms with Crippen molar-refractivity contribution in [2.45, 2.75) is 141 Å². The molecule has 48 heavy (non-hydrogen) atoms. The summed E-state index contributed by atoms with van der Waals surface area (Å²) in [5, 5.41) is 35.9. The van der Waals surface area contributed by atoms with Gasteiger partial charge < -0.3 is 14.9 Å². The van der Waals surface area contributed by atoms with Crippen LogP contribution in [0.3, 0.4) is 0 Å². The minimum atomic E-state index is -0.716. The standard InChI is InChI=1S/C40H57N3O5/c41-32-33-21-23-35(24-22-33)42-43-36-25-27-37(28-26-36)48-31-16-12-8-4-3-7-11-15-29-40(39(46)47)30-17-19-34(40)18-13-9-5-1-2-6-10-14-20-38(44)45/h21-28,34H,1-20,29-31H2,(H,44,45)(H,46,47)/i25D,26D,27D,28D. The van der Waals surface area contributed by atoms with Crippen molar-refractivity contribution in [1.82, 2.24) is 0 Å². The molecule has 8 nitrogen and oxygen atoms in total. The third-order valence-corrected chi connectivity index (χ3v) is 9.69. The zero-order valence-corrected chi connectivity index (χ0v) is 28.6. The summed E-state index contributed by atoms with van der Waals surface area (Å²) in [7, 11) is 0. The van der Waals surface area contributed by atoms with Crippen molar-refractivity contribution in [2.75, 3.05) is 6.61 Å². The molecule has 2 atom stereocenters. The van der Waals surface area contributed by atoms with Crippen LogP contribution in [0.2, 0.25) is 0 Å². The fourth-order valence-corrected chi connectivity index (χ4v) is 6.91. The van der Waals surface area contributed by atoms with Gasteiger partial charge in [-0.25, -0.2) is 0 Å². The Bertz CT molecular complexity index is 1470. The van der Waals surface area contributed by atoms with E-state index in [1.165, 1.54) is 12.8 Å². The highest BCUT2D eigenvalue weighted by atomic mass is 16.5. The molecule has 8 heteroatoms. The van der Waals surface area contributed by atoms with Gasteiger partial charge in [0.05, 0.1) is 40.5 Å². The molecular formula is C40H57N3O5. The van der Waals surface area contributed by atoms with Gasteiger partial charge in [0.15, 0.2) is 0 Å². The summed E-state index contributed by atoms with van der Waals surface area (Å²) in [6, 6.07) is 7.12. The Hall–Kier alpha value is -3.73. The minimum absolute atomic E-state index is 0.0887. The van der Waals surface area contributed by atoms with Crippen molar-refractivity contribution in [3.63, 3.8) is 0 Å². The van der Waals surface area contributed by atoms with Crippen LogP contribution in [0, 0.1) is 22.7 Å². The van der Waals surface area contributed by atoms with Gasteiger partial charge in [0.1, 0.15) is 5.75 Å². The molecule has 0 amide bonds. The average Bonchev–Trinajstić information content (AvgIpc) is 3.55. The quantitative estimate of drug-likeness (QED) is 0.0760. The second-order valence-corrected chi connectivity index (χ2v) is 13.3. The van der Waals surface area contributed by atoms with Crippen LogP contribution < -0.4 is 4.74 Å². The van der Waals surface area contributed by atoms with Crippen molar-refractivity contribution < 1.29 is 30.0 Å². The number of nitriles is 1. The largest absolute Gasteiger partial charge is 0.494 e. The van der Waals surface area contributed by atoms with Gasteiger partial charge >= 0.3 is 11.9 Å².